The van der Waals surface area contributed by atoms with Gasteiger partial charge in [-0.05, 0) is 75.3 Å². The Morgan fingerprint density at radius 2 is 1.94 bits per heavy atom. The van der Waals surface area contributed by atoms with Gasteiger partial charge in [0.1, 0.15) is 17.2 Å². The summed E-state index contributed by atoms with van der Waals surface area (Å²) < 4.78 is 14.4. The molecule has 4 aromatic rings. The van der Waals surface area contributed by atoms with Gasteiger partial charge in [-0.3, -0.25) is 4.79 Å². The normalized spacial score (nSPS) is 14.9. The molecule has 0 atom stereocenters. The lowest BCUT2D eigenvalue weighted by Gasteiger charge is -2.26. The molecule has 1 fully saturated rings. The summed E-state index contributed by atoms with van der Waals surface area (Å²) in [7, 11) is 0. The molecule has 0 radical (unpaired) electrons. The Labute approximate surface area is 191 Å². The van der Waals surface area contributed by atoms with Gasteiger partial charge in [0.05, 0.1) is 27.6 Å². The highest BCUT2D eigenvalue weighted by Crippen LogP contribution is 2.30. The van der Waals surface area contributed by atoms with E-state index in [1.807, 2.05) is 18.2 Å². The summed E-state index contributed by atoms with van der Waals surface area (Å²) in [4.78, 5) is 25.7. The van der Waals surface area contributed by atoms with Crippen LogP contribution in [0, 0.1) is 5.82 Å². The molecule has 0 saturated carbocycles. The van der Waals surface area contributed by atoms with Crippen LogP contribution >= 0.6 is 0 Å². The molecule has 5 N–H and O–H groups in total. The van der Waals surface area contributed by atoms with Gasteiger partial charge in [0, 0.05) is 6.54 Å². The number of nitrogens with zero attached hydrogens (tertiary/aromatic N) is 2. The number of benzene rings is 2. The van der Waals surface area contributed by atoms with Gasteiger partial charge in [0.15, 0.2) is 0 Å². The minimum Gasteiger partial charge on any atom is -0.397 e. The maximum atomic E-state index is 14.4. The maximum Gasteiger partial charge on any atom is 0.261 e. The molecule has 2 aromatic heterocycles. The fraction of sp³-hybridized carbons (Fsp3) is 0.360. The van der Waals surface area contributed by atoms with E-state index >= 15 is 0 Å². The van der Waals surface area contributed by atoms with Crippen LogP contribution in [0.4, 0.5) is 10.1 Å². The fourth-order valence-electron chi connectivity index (χ4n) is 4.70. The van der Waals surface area contributed by atoms with Crippen LogP contribution in [0.15, 0.2) is 41.2 Å². The number of likely N-dealkylation sites (tertiary alicyclic amines) is 1. The molecule has 5 rings (SSSR count). The molecule has 2 aromatic carbocycles. The molecule has 33 heavy (non-hydrogen) atoms. The number of halogens is 1. The molecule has 0 unspecified atom stereocenters. The standard InChI is InChI=1S/C25H29FN6O/c26-17-6-4-7-19-21(17)23(27)22(25(33)31-19)24-29-18-9-8-16(14-20(18)30-24)15-28-10-5-13-32-11-2-1-3-12-32/h4,6-9,14,28H,1-3,5,10-13,15H2,(H,29,30)(H3,27,31,33). The summed E-state index contributed by atoms with van der Waals surface area (Å²) in [6.45, 7) is 5.34. The molecule has 1 saturated heterocycles. The van der Waals surface area contributed by atoms with Crippen LogP contribution in [-0.4, -0.2) is 46.0 Å². The lowest BCUT2D eigenvalue weighted by atomic mass is 10.1. The van der Waals surface area contributed by atoms with Gasteiger partial charge in [-0.25, -0.2) is 9.37 Å². The summed E-state index contributed by atoms with van der Waals surface area (Å²) in [6, 6.07) is 10.5. The summed E-state index contributed by atoms with van der Waals surface area (Å²) in [5.74, 6) is -0.146. The van der Waals surface area contributed by atoms with Crippen molar-refractivity contribution < 1.29 is 4.39 Å². The zero-order chi connectivity index (χ0) is 22.8. The summed E-state index contributed by atoms with van der Waals surface area (Å²) >= 11 is 0. The van der Waals surface area contributed by atoms with Crippen molar-refractivity contribution in [2.24, 2.45) is 0 Å². The highest BCUT2D eigenvalue weighted by Gasteiger charge is 2.18. The number of nitrogens with one attached hydrogen (secondary N) is 3. The number of pyridine rings is 1. The van der Waals surface area contributed by atoms with E-state index in [-0.39, 0.29) is 16.6 Å². The number of anilines is 1. The van der Waals surface area contributed by atoms with Gasteiger partial charge in [-0.15, -0.1) is 0 Å². The third-order valence-corrected chi connectivity index (χ3v) is 6.42. The van der Waals surface area contributed by atoms with Gasteiger partial charge < -0.3 is 25.9 Å². The van der Waals surface area contributed by atoms with Crippen molar-refractivity contribution in [3.05, 3.63) is 58.1 Å². The quantitative estimate of drug-likeness (QED) is 0.323. The van der Waals surface area contributed by atoms with E-state index in [2.05, 4.69) is 25.2 Å². The molecule has 8 heteroatoms. The lowest BCUT2D eigenvalue weighted by molar-refractivity contribution is 0.225. The molecule has 172 valence electrons. The van der Waals surface area contributed by atoms with Crippen LogP contribution < -0.4 is 16.6 Å². The predicted molar refractivity (Wildman–Crippen MR) is 131 cm³/mol. The van der Waals surface area contributed by atoms with Crippen LogP contribution in [0.5, 0.6) is 0 Å². The third kappa shape index (κ3) is 4.49. The predicted octanol–water partition coefficient (Wildman–Crippen LogP) is 3.76. The van der Waals surface area contributed by atoms with Crippen molar-refractivity contribution >= 4 is 27.6 Å². The molecule has 0 aliphatic carbocycles. The van der Waals surface area contributed by atoms with Crippen molar-refractivity contribution in [1.82, 2.24) is 25.2 Å². The van der Waals surface area contributed by atoms with Crippen LogP contribution in [0.3, 0.4) is 0 Å². The summed E-state index contributed by atoms with van der Waals surface area (Å²) in [5.41, 5.74) is 9.09. The molecular weight excluding hydrogens is 419 g/mol. The lowest BCUT2D eigenvalue weighted by Crippen LogP contribution is -2.32. The number of rotatable bonds is 7. The number of nitrogens with two attached hydrogens (primary N) is 1. The summed E-state index contributed by atoms with van der Waals surface area (Å²) in [6.07, 6.45) is 5.15. The first-order chi connectivity index (χ1) is 16.1. The molecule has 7 nitrogen and oxygen atoms in total. The van der Waals surface area contributed by atoms with E-state index in [0.29, 0.717) is 11.3 Å². The minimum absolute atomic E-state index is 0.0847. The highest BCUT2D eigenvalue weighted by atomic mass is 19.1. The molecule has 1 aliphatic heterocycles. The van der Waals surface area contributed by atoms with Crippen molar-refractivity contribution in [2.75, 3.05) is 31.9 Å². The highest BCUT2D eigenvalue weighted by molar-refractivity contribution is 5.98. The SMILES string of the molecule is Nc1c(-c2nc3ccc(CNCCCN4CCCCC4)cc3[nH]2)c(=O)[nH]c2cccc(F)c12. The molecular formula is C25H29FN6O. The second-order valence-corrected chi connectivity index (χ2v) is 8.77. The van der Waals surface area contributed by atoms with Crippen LogP contribution in [-0.2, 0) is 6.54 Å². The molecule has 1 aliphatic rings. The smallest absolute Gasteiger partial charge is 0.261 e. The second kappa shape index (κ2) is 9.33. The monoisotopic (exact) mass is 448 g/mol. The van der Waals surface area contributed by atoms with Gasteiger partial charge >= 0.3 is 0 Å². The second-order valence-electron chi connectivity index (χ2n) is 8.77. The Bertz CT molecular complexity index is 1340. The number of imidazole rings is 1. The Morgan fingerprint density at radius 3 is 2.79 bits per heavy atom. The van der Waals surface area contributed by atoms with Gasteiger partial charge in [0.2, 0.25) is 0 Å². The van der Waals surface area contributed by atoms with E-state index < -0.39 is 11.4 Å². The Balaban J connectivity index is 1.31. The molecule has 3 heterocycles. The Kier molecular flexibility index (Phi) is 6.11. The first-order valence-electron chi connectivity index (χ1n) is 11.6. The number of piperidine rings is 1. The summed E-state index contributed by atoms with van der Waals surface area (Å²) in [5, 5.41) is 3.71. The minimum atomic E-state index is -0.479. The fourth-order valence-corrected chi connectivity index (χ4v) is 4.70. The maximum absolute atomic E-state index is 14.4. The number of H-pyrrole nitrogens is 2. The van der Waals surface area contributed by atoms with Crippen LogP contribution in [0.1, 0.15) is 31.2 Å². The molecule has 0 bridgehead atoms. The van der Waals surface area contributed by atoms with Gasteiger partial charge in [-0.2, -0.15) is 0 Å². The number of hydrogen-bond donors (Lipinski definition) is 4. The Hall–Kier alpha value is -3.23. The van der Waals surface area contributed by atoms with E-state index in [9.17, 15) is 9.18 Å². The number of aromatic amines is 2. The van der Waals surface area contributed by atoms with E-state index in [1.165, 1.54) is 44.5 Å². The topological polar surface area (TPSA) is 103 Å². The number of hydrogen-bond acceptors (Lipinski definition) is 5. The van der Waals surface area contributed by atoms with Crippen molar-refractivity contribution in [2.45, 2.75) is 32.2 Å². The average Bonchev–Trinajstić information content (AvgIpc) is 3.22. The first kappa shape index (κ1) is 21.6. The van der Waals surface area contributed by atoms with Gasteiger partial charge in [-0.1, -0.05) is 18.6 Å². The average molecular weight is 449 g/mol. The van der Waals surface area contributed by atoms with E-state index in [4.69, 9.17) is 5.73 Å². The molecule has 0 spiro atoms. The van der Waals surface area contributed by atoms with Crippen LogP contribution in [0.25, 0.3) is 33.3 Å². The van der Waals surface area contributed by atoms with Crippen LogP contribution in [0.2, 0.25) is 0 Å². The Morgan fingerprint density at radius 1 is 1.09 bits per heavy atom. The number of aromatic nitrogens is 3. The first-order valence-corrected chi connectivity index (χ1v) is 11.6. The van der Waals surface area contributed by atoms with Gasteiger partial charge in [0.25, 0.3) is 5.56 Å². The number of fused-ring (bicyclic) bond motifs is 2. The van der Waals surface area contributed by atoms with Crippen molar-refractivity contribution in [3.63, 3.8) is 0 Å². The largest absolute Gasteiger partial charge is 0.397 e. The number of nitrogen functional groups attached to an aromatic ring is 1. The zero-order valence-corrected chi connectivity index (χ0v) is 18.6. The van der Waals surface area contributed by atoms with E-state index in [0.717, 1.165) is 42.7 Å². The van der Waals surface area contributed by atoms with Crippen molar-refractivity contribution in [1.29, 1.82) is 0 Å². The zero-order valence-electron chi connectivity index (χ0n) is 18.6. The molecule has 0 amide bonds. The van der Waals surface area contributed by atoms with E-state index in [1.54, 1.807) is 6.07 Å². The third-order valence-electron chi connectivity index (χ3n) is 6.42. The van der Waals surface area contributed by atoms with Crippen molar-refractivity contribution in [3.8, 4) is 11.4 Å².